The normalized spacial score (nSPS) is 11.0. The third-order valence-electron chi connectivity index (χ3n) is 5.04. The number of fused-ring (bicyclic) bond motifs is 1. The number of carboxylic acids is 1. The van der Waals surface area contributed by atoms with E-state index >= 15 is 0 Å². The second-order valence-corrected chi connectivity index (χ2v) is 7.42. The molecule has 3 rings (SSSR count). The van der Waals surface area contributed by atoms with Gasteiger partial charge in [-0.25, -0.2) is 0 Å². The number of aromatic nitrogens is 1. The van der Waals surface area contributed by atoms with Crippen LogP contribution in [0.2, 0.25) is 0 Å². The number of unbranched alkanes of at least 4 members (excludes halogenated alkanes) is 4. The lowest BCUT2D eigenvalue weighted by molar-refractivity contribution is -0.307. The maximum absolute atomic E-state index is 10.5. The fourth-order valence-electron chi connectivity index (χ4n) is 3.36. The maximum Gasteiger partial charge on any atom is 0.298 e. The summed E-state index contributed by atoms with van der Waals surface area (Å²) in [5, 5.41) is 10.5. The van der Waals surface area contributed by atoms with Gasteiger partial charge in [0.1, 0.15) is 17.9 Å². The molecule has 6 heteroatoms. The zero-order valence-electron chi connectivity index (χ0n) is 17.5. The number of anilines is 1. The van der Waals surface area contributed by atoms with Gasteiger partial charge in [-0.2, -0.15) is 4.98 Å². The minimum atomic E-state index is -1.23. The number of carbonyl (C=O) groups excluding carboxylic acids is 1. The Morgan fingerprint density at radius 3 is 2.53 bits per heavy atom. The van der Waals surface area contributed by atoms with Gasteiger partial charge in [0.05, 0.1) is 5.97 Å². The summed E-state index contributed by atoms with van der Waals surface area (Å²) < 4.78 is 11.1. The van der Waals surface area contributed by atoms with Crippen LogP contribution in [-0.4, -0.2) is 30.6 Å². The van der Waals surface area contributed by atoms with Gasteiger partial charge in [-0.15, -0.1) is 0 Å². The topological polar surface area (TPSA) is 78.6 Å². The van der Waals surface area contributed by atoms with E-state index in [1.807, 2.05) is 36.4 Å². The first-order valence-corrected chi connectivity index (χ1v) is 10.7. The molecule has 0 aliphatic heterocycles. The first kappa shape index (κ1) is 21.7. The molecule has 0 unspecified atom stereocenters. The summed E-state index contributed by atoms with van der Waals surface area (Å²) in [4.78, 5) is 17.4. The molecule has 1 heterocycles. The van der Waals surface area contributed by atoms with Gasteiger partial charge in [-0.1, -0.05) is 56.9 Å². The van der Waals surface area contributed by atoms with Crippen molar-refractivity contribution in [2.24, 2.45) is 0 Å². The minimum absolute atomic E-state index is 0.442. The molecule has 2 aromatic carbocycles. The summed E-state index contributed by atoms with van der Waals surface area (Å²) in [6.07, 6.45) is 6.90. The number of aliphatic carboxylic acids is 1. The highest BCUT2D eigenvalue weighted by Crippen LogP contribution is 2.23. The molecule has 0 N–H and O–H groups in total. The highest BCUT2D eigenvalue weighted by Gasteiger charge is 2.14. The molecule has 30 heavy (non-hydrogen) atoms. The van der Waals surface area contributed by atoms with E-state index in [1.54, 1.807) is 12.1 Å². The number of ether oxygens (including phenoxy) is 1. The number of hydrogen-bond acceptors (Lipinski definition) is 6. The second-order valence-electron chi connectivity index (χ2n) is 7.42. The molecule has 0 bridgehead atoms. The van der Waals surface area contributed by atoms with E-state index in [0.29, 0.717) is 11.8 Å². The van der Waals surface area contributed by atoms with E-state index in [1.165, 1.54) is 25.7 Å². The van der Waals surface area contributed by atoms with Crippen LogP contribution in [0.4, 0.5) is 6.01 Å². The average Bonchev–Trinajstić information content (AvgIpc) is 3.19. The highest BCUT2D eigenvalue weighted by atomic mass is 16.5. The number of nitrogens with zero attached hydrogens (tertiary/aromatic N) is 2. The number of carboxylic acid groups (broad SMARTS) is 1. The summed E-state index contributed by atoms with van der Waals surface area (Å²) in [5.74, 6) is -0.707. The molecule has 0 amide bonds. The molecule has 0 aliphatic carbocycles. The quantitative estimate of drug-likeness (QED) is 0.397. The van der Waals surface area contributed by atoms with Crippen molar-refractivity contribution in [3.05, 3.63) is 54.1 Å². The molecule has 0 saturated carbocycles. The van der Waals surface area contributed by atoms with Crippen LogP contribution in [0.25, 0.3) is 11.1 Å². The van der Waals surface area contributed by atoms with Crippen LogP contribution >= 0.6 is 0 Å². The zero-order chi connectivity index (χ0) is 21.2. The molecule has 0 spiro atoms. The van der Waals surface area contributed by atoms with Crippen molar-refractivity contribution in [1.82, 2.24) is 4.98 Å². The molecule has 0 radical (unpaired) electrons. The van der Waals surface area contributed by atoms with Gasteiger partial charge >= 0.3 is 0 Å². The van der Waals surface area contributed by atoms with E-state index in [0.717, 1.165) is 42.6 Å². The maximum atomic E-state index is 10.5. The Hall–Kier alpha value is -3.02. The standard InChI is InChI=1S/C24H30N2O4/c1-2-3-4-5-8-16-26(24-25-21-9-6-7-10-22(21)30-24)17-15-19-11-13-20(14-12-19)29-18-23(27)28/h6-7,9-14H,2-5,8,15-18H2,1H3,(H,27,28)/p-1. The van der Waals surface area contributed by atoms with Crippen molar-refractivity contribution >= 4 is 23.1 Å². The third-order valence-corrected chi connectivity index (χ3v) is 5.04. The van der Waals surface area contributed by atoms with Crippen LogP contribution in [0.1, 0.15) is 44.6 Å². The van der Waals surface area contributed by atoms with Gasteiger partial charge in [0, 0.05) is 13.1 Å². The van der Waals surface area contributed by atoms with Crippen LogP contribution < -0.4 is 14.7 Å². The highest BCUT2D eigenvalue weighted by molar-refractivity contribution is 5.74. The van der Waals surface area contributed by atoms with Crippen molar-refractivity contribution in [1.29, 1.82) is 0 Å². The number of carbonyl (C=O) groups is 1. The first-order valence-electron chi connectivity index (χ1n) is 10.7. The average molecular weight is 410 g/mol. The molecular weight excluding hydrogens is 380 g/mol. The van der Waals surface area contributed by atoms with Crippen molar-refractivity contribution in [2.45, 2.75) is 45.4 Å². The summed E-state index contributed by atoms with van der Waals surface area (Å²) in [6.45, 7) is 3.48. The molecule has 3 aromatic rings. The largest absolute Gasteiger partial charge is 0.546 e. The first-order chi connectivity index (χ1) is 14.7. The number of para-hydroxylation sites is 2. The summed E-state index contributed by atoms with van der Waals surface area (Å²) in [7, 11) is 0. The Morgan fingerprint density at radius 1 is 1.03 bits per heavy atom. The van der Waals surface area contributed by atoms with Gasteiger partial charge in [0.15, 0.2) is 5.58 Å². The lowest BCUT2D eigenvalue weighted by Gasteiger charge is -2.20. The molecule has 0 aliphatic rings. The van der Waals surface area contributed by atoms with Gasteiger partial charge in [0.25, 0.3) is 6.01 Å². The predicted octanol–water partition coefficient (Wildman–Crippen LogP) is 3.98. The lowest BCUT2D eigenvalue weighted by atomic mass is 10.1. The van der Waals surface area contributed by atoms with E-state index in [-0.39, 0.29) is 0 Å². The molecule has 0 fully saturated rings. The molecule has 160 valence electrons. The van der Waals surface area contributed by atoms with Gasteiger partial charge in [0.2, 0.25) is 0 Å². The van der Waals surface area contributed by atoms with Crippen molar-refractivity contribution in [2.75, 3.05) is 24.6 Å². The van der Waals surface area contributed by atoms with E-state index < -0.39 is 12.6 Å². The Labute approximate surface area is 177 Å². The summed E-state index contributed by atoms with van der Waals surface area (Å²) in [6, 6.07) is 16.0. The lowest BCUT2D eigenvalue weighted by Crippen LogP contribution is -2.29. The van der Waals surface area contributed by atoms with Crippen LogP contribution in [0.15, 0.2) is 52.9 Å². The number of oxazole rings is 1. The second kappa shape index (κ2) is 11.2. The number of rotatable bonds is 13. The monoisotopic (exact) mass is 409 g/mol. The molecule has 0 atom stereocenters. The van der Waals surface area contributed by atoms with E-state index in [4.69, 9.17) is 9.15 Å². The Morgan fingerprint density at radius 2 is 1.80 bits per heavy atom. The van der Waals surface area contributed by atoms with Crippen LogP contribution in [0.3, 0.4) is 0 Å². The van der Waals surface area contributed by atoms with Crippen LogP contribution in [-0.2, 0) is 11.2 Å². The molecule has 1 aromatic heterocycles. The summed E-state index contributed by atoms with van der Waals surface area (Å²) in [5.41, 5.74) is 2.82. The van der Waals surface area contributed by atoms with Crippen molar-refractivity contribution in [3.63, 3.8) is 0 Å². The third kappa shape index (κ3) is 6.51. The number of hydrogen-bond donors (Lipinski definition) is 0. The fraction of sp³-hybridized carbons (Fsp3) is 0.417. The van der Waals surface area contributed by atoms with Crippen molar-refractivity contribution in [3.8, 4) is 5.75 Å². The van der Waals surface area contributed by atoms with Crippen LogP contribution in [0, 0.1) is 0 Å². The molecular formula is C24H29N2O4-. The van der Waals surface area contributed by atoms with Gasteiger partial charge < -0.3 is 24.0 Å². The predicted molar refractivity (Wildman–Crippen MR) is 116 cm³/mol. The Bertz CT molecular complexity index is 887. The smallest absolute Gasteiger partial charge is 0.298 e. The SMILES string of the molecule is CCCCCCCN(CCc1ccc(OCC(=O)[O-])cc1)c1nc2ccccc2o1. The number of benzene rings is 2. The van der Waals surface area contributed by atoms with E-state index in [9.17, 15) is 9.90 Å². The van der Waals surface area contributed by atoms with E-state index in [2.05, 4.69) is 16.8 Å². The Kier molecular flexibility index (Phi) is 8.12. The van der Waals surface area contributed by atoms with Gasteiger partial charge in [-0.3, -0.25) is 0 Å². The molecule has 6 nitrogen and oxygen atoms in total. The zero-order valence-corrected chi connectivity index (χ0v) is 17.5. The summed E-state index contributed by atoms with van der Waals surface area (Å²) >= 11 is 0. The van der Waals surface area contributed by atoms with Crippen molar-refractivity contribution < 1.29 is 19.1 Å². The minimum Gasteiger partial charge on any atom is -0.546 e. The van der Waals surface area contributed by atoms with Gasteiger partial charge in [-0.05, 0) is 42.7 Å². The fourth-order valence-corrected chi connectivity index (χ4v) is 3.36. The Balaban J connectivity index is 1.62. The van der Waals surface area contributed by atoms with Crippen LogP contribution in [0.5, 0.6) is 5.75 Å². The molecule has 0 saturated heterocycles.